The molecule has 2 aromatic carbocycles. The number of carbonyl (C=O) groups excluding carboxylic acids is 1. The monoisotopic (exact) mass is 418 g/mol. The van der Waals surface area contributed by atoms with E-state index in [1.54, 1.807) is 19.2 Å². The molecule has 2 N–H and O–H groups in total. The third-order valence-electron chi connectivity index (χ3n) is 5.33. The fourth-order valence-electron chi connectivity index (χ4n) is 3.40. The van der Waals surface area contributed by atoms with Crippen molar-refractivity contribution in [3.05, 3.63) is 82.5 Å². The first-order chi connectivity index (χ1) is 14.8. The number of aliphatic carboxylic acids is 1. The highest BCUT2D eigenvalue weighted by atomic mass is 16.5. The molecule has 0 aliphatic heterocycles. The Kier molecular flexibility index (Phi) is 6.70. The third-order valence-corrected chi connectivity index (χ3v) is 5.33. The first kappa shape index (κ1) is 22.0. The van der Waals surface area contributed by atoms with E-state index < -0.39 is 17.9 Å². The van der Waals surface area contributed by atoms with Crippen molar-refractivity contribution in [1.82, 2.24) is 10.3 Å². The first-order valence-corrected chi connectivity index (χ1v) is 10.0. The largest absolute Gasteiger partial charge is 0.494 e. The minimum Gasteiger partial charge on any atom is -0.494 e. The van der Waals surface area contributed by atoms with E-state index in [4.69, 9.17) is 4.74 Å². The van der Waals surface area contributed by atoms with E-state index in [1.807, 2.05) is 63.2 Å². The maximum atomic E-state index is 13.0. The topological polar surface area (TPSA) is 88.5 Å². The van der Waals surface area contributed by atoms with Crippen LogP contribution in [0.25, 0.3) is 11.3 Å². The van der Waals surface area contributed by atoms with Crippen molar-refractivity contribution in [1.29, 1.82) is 0 Å². The minimum atomic E-state index is -0.996. The Morgan fingerprint density at radius 1 is 1.03 bits per heavy atom. The number of rotatable bonds is 7. The first-order valence-electron chi connectivity index (χ1n) is 10.0. The van der Waals surface area contributed by atoms with Gasteiger partial charge in [0.05, 0.1) is 19.6 Å². The molecule has 0 spiro atoms. The summed E-state index contributed by atoms with van der Waals surface area (Å²) in [7, 11) is 1.56. The molecule has 0 aliphatic rings. The number of carboxylic acid groups (broad SMARTS) is 1. The molecule has 0 radical (unpaired) electrons. The van der Waals surface area contributed by atoms with Crippen LogP contribution in [-0.4, -0.2) is 29.1 Å². The molecule has 1 atom stereocenters. The van der Waals surface area contributed by atoms with E-state index in [2.05, 4.69) is 10.3 Å². The van der Waals surface area contributed by atoms with Gasteiger partial charge in [0.15, 0.2) is 0 Å². The number of aromatic nitrogens is 1. The second-order valence-electron chi connectivity index (χ2n) is 7.53. The van der Waals surface area contributed by atoms with Crippen molar-refractivity contribution >= 4 is 11.9 Å². The van der Waals surface area contributed by atoms with Gasteiger partial charge in [0, 0.05) is 5.56 Å². The second kappa shape index (κ2) is 9.43. The number of nitrogens with zero attached hydrogens (tertiary/aromatic N) is 1. The molecule has 160 valence electrons. The quantitative estimate of drug-likeness (QED) is 0.584. The van der Waals surface area contributed by atoms with Crippen molar-refractivity contribution in [2.45, 2.75) is 33.2 Å². The Labute approximate surface area is 181 Å². The maximum absolute atomic E-state index is 13.0. The molecule has 1 aromatic heterocycles. The normalized spacial score (nSPS) is 11.6. The van der Waals surface area contributed by atoms with Gasteiger partial charge in [-0.25, -0.2) is 4.98 Å². The van der Waals surface area contributed by atoms with E-state index in [0.29, 0.717) is 11.4 Å². The third kappa shape index (κ3) is 5.09. The Morgan fingerprint density at radius 3 is 2.39 bits per heavy atom. The van der Waals surface area contributed by atoms with Crippen molar-refractivity contribution < 1.29 is 19.4 Å². The van der Waals surface area contributed by atoms with Crippen molar-refractivity contribution in [3.63, 3.8) is 0 Å². The smallest absolute Gasteiger partial charge is 0.305 e. The van der Waals surface area contributed by atoms with Crippen LogP contribution in [0.5, 0.6) is 5.75 Å². The molecule has 6 heteroatoms. The number of pyridine rings is 1. The molecule has 0 bridgehead atoms. The molecule has 0 fully saturated rings. The van der Waals surface area contributed by atoms with Gasteiger partial charge in [0.25, 0.3) is 5.91 Å². The maximum Gasteiger partial charge on any atom is 0.305 e. The fraction of sp³-hybridized carbons (Fsp3) is 0.240. The standard InChI is InChI=1S/C25H26N2O4/c1-15-8-10-18(11-9-15)21(14-23(28)29)27-25(30)20-12-13-22(31-4)24(26-20)19-7-5-6-16(2)17(19)3/h5-13,21H,14H2,1-4H3,(H,27,30)(H,28,29)/t21-/m0/s1. The Hall–Kier alpha value is -3.67. The fourth-order valence-corrected chi connectivity index (χ4v) is 3.40. The highest BCUT2D eigenvalue weighted by molar-refractivity contribution is 5.94. The molecule has 6 nitrogen and oxygen atoms in total. The lowest BCUT2D eigenvalue weighted by molar-refractivity contribution is -0.137. The summed E-state index contributed by atoms with van der Waals surface area (Å²) in [5.74, 6) is -0.878. The molecule has 1 amide bonds. The van der Waals surface area contributed by atoms with Crippen LogP contribution in [0.3, 0.4) is 0 Å². The average Bonchev–Trinajstić information content (AvgIpc) is 2.75. The van der Waals surface area contributed by atoms with E-state index in [-0.39, 0.29) is 12.1 Å². The van der Waals surface area contributed by atoms with Crippen LogP contribution < -0.4 is 10.1 Å². The highest BCUT2D eigenvalue weighted by Gasteiger charge is 2.21. The summed E-state index contributed by atoms with van der Waals surface area (Å²) in [4.78, 5) is 29.0. The Bertz CT molecular complexity index is 1110. The number of hydrogen-bond donors (Lipinski definition) is 2. The molecule has 3 rings (SSSR count). The number of benzene rings is 2. The van der Waals surface area contributed by atoms with Crippen LogP contribution in [0.2, 0.25) is 0 Å². The van der Waals surface area contributed by atoms with Gasteiger partial charge in [-0.15, -0.1) is 0 Å². The molecule has 0 saturated heterocycles. The number of aryl methyl sites for hydroxylation is 2. The van der Waals surface area contributed by atoms with Gasteiger partial charge in [-0.2, -0.15) is 0 Å². The number of hydrogen-bond acceptors (Lipinski definition) is 4. The SMILES string of the molecule is COc1ccc(C(=O)N[C@@H](CC(=O)O)c2ccc(C)cc2)nc1-c1cccc(C)c1C. The van der Waals surface area contributed by atoms with Gasteiger partial charge in [-0.05, 0) is 49.6 Å². The van der Waals surface area contributed by atoms with Gasteiger partial charge < -0.3 is 15.2 Å². The van der Waals surface area contributed by atoms with Gasteiger partial charge in [-0.3, -0.25) is 9.59 Å². The number of ether oxygens (including phenoxy) is 1. The Balaban J connectivity index is 1.95. The zero-order valence-electron chi connectivity index (χ0n) is 18.1. The lowest BCUT2D eigenvalue weighted by Gasteiger charge is -2.18. The van der Waals surface area contributed by atoms with E-state index in [0.717, 1.165) is 27.8 Å². The summed E-state index contributed by atoms with van der Waals surface area (Å²) in [6.45, 7) is 5.96. The highest BCUT2D eigenvalue weighted by Crippen LogP contribution is 2.32. The van der Waals surface area contributed by atoms with Crippen LogP contribution in [0.4, 0.5) is 0 Å². The summed E-state index contributed by atoms with van der Waals surface area (Å²) >= 11 is 0. The molecule has 0 unspecified atom stereocenters. The van der Waals surface area contributed by atoms with Crippen LogP contribution >= 0.6 is 0 Å². The number of amides is 1. The van der Waals surface area contributed by atoms with Crippen molar-refractivity contribution in [2.75, 3.05) is 7.11 Å². The number of carbonyl (C=O) groups is 2. The van der Waals surface area contributed by atoms with Crippen molar-refractivity contribution in [2.24, 2.45) is 0 Å². The second-order valence-corrected chi connectivity index (χ2v) is 7.53. The number of carboxylic acids is 1. The molecule has 3 aromatic rings. The van der Waals surface area contributed by atoms with Crippen molar-refractivity contribution in [3.8, 4) is 17.0 Å². The molecular weight excluding hydrogens is 392 g/mol. The summed E-state index contributed by atoms with van der Waals surface area (Å²) < 4.78 is 5.47. The summed E-state index contributed by atoms with van der Waals surface area (Å²) in [6, 6.07) is 15.9. The van der Waals surface area contributed by atoms with Gasteiger partial charge in [-0.1, -0.05) is 48.0 Å². The van der Waals surface area contributed by atoms with Crippen LogP contribution in [0, 0.1) is 20.8 Å². The van der Waals surface area contributed by atoms with E-state index in [9.17, 15) is 14.7 Å². The summed E-state index contributed by atoms with van der Waals surface area (Å²) in [5, 5.41) is 12.1. The van der Waals surface area contributed by atoms with E-state index >= 15 is 0 Å². The number of nitrogens with one attached hydrogen (secondary N) is 1. The molecule has 1 heterocycles. The molecular formula is C25H26N2O4. The van der Waals surface area contributed by atoms with Gasteiger partial charge >= 0.3 is 5.97 Å². The van der Waals surface area contributed by atoms with E-state index in [1.165, 1.54) is 0 Å². The zero-order chi connectivity index (χ0) is 22.5. The predicted molar refractivity (Wildman–Crippen MR) is 119 cm³/mol. The van der Waals surface area contributed by atoms with Crippen LogP contribution in [0.1, 0.15) is 45.2 Å². The molecule has 0 saturated carbocycles. The average molecular weight is 418 g/mol. The summed E-state index contributed by atoms with van der Waals surface area (Å²) in [5.41, 5.74) is 5.59. The lowest BCUT2D eigenvalue weighted by atomic mass is 9.99. The summed E-state index contributed by atoms with van der Waals surface area (Å²) in [6.07, 6.45) is -0.227. The van der Waals surface area contributed by atoms with Gasteiger partial charge in [0.2, 0.25) is 0 Å². The lowest BCUT2D eigenvalue weighted by Crippen LogP contribution is -2.31. The van der Waals surface area contributed by atoms with Crippen LogP contribution in [-0.2, 0) is 4.79 Å². The van der Waals surface area contributed by atoms with Gasteiger partial charge in [0.1, 0.15) is 17.1 Å². The minimum absolute atomic E-state index is 0.194. The molecule has 0 aliphatic carbocycles. The number of methoxy groups -OCH3 is 1. The Morgan fingerprint density at radius 2 is 1.74 bits per heavy atom. The molecule has 31 heavy (non-hydrogen) atoms. The predicted octanol–water partition coefficient (Wildman–Crippen LogP) is 4.63. The zero-order valence-corrected chi connectivity index (χ0v) is 18.1. The van der Waals surface area contributed by atoms with Crippen LogP contribution in [0.15, 0.2) is 54.6 Å².